The molecule has 7 nitrogen and oxygen atoms in total. The Kier molecular flexibility index (Phi) is 8.56. The molecule has 0 saturated carbocycles. The van der Waals surface area contributed by atoms with Crippen molar-refractivity contribution in [3.63, 3.8) is 0 Å². The highest BCUT2D eigenvalue weighted by Crippen LogP contribution is 2.28. The van der Waals surface area contributed by atoms with Gasteiger partial charge in [0.05, 0.1) is 11.4 Å². The van der Waals surface area contributed by atoms with Crippen LogP contribution in [0.5, 0.6) is 0 Å². The van der Waals surface area contributed by atoms with Crippen LogP contribution in [0, 0.1) is 6.92 Å². The van der Waals surface area contributed by atoms with Gasteiger partial charge in [0.2, 0.25) is 5.91 Å². The van der Waals surface area contributed by atoms with Crippen molar-refractivity contribution in [2.75, 3.05) is 17.2 Å². The van der Waals surface area contributed by atoms with Crippen molar-refractivity contribution in [1.82, 2.24) is 0 Å². The second-order valence-electron chi connectivity index (χ2n) is 6.47. The van der Waals surface area contributed by atoms with Crippen LogP contribution < -0.4 is 10.6 Å². The molecule has 2 amide bonds. The van der Waals surface area contributed by atoms with Crippen molar-refractivity contribution in [1.29, 1.82) is 0 Å². The monoisotopic (exact) mass is 494 g/mol. The van der Waals surface area contributed by atoms with E-state index >= 15 is 0 Å². The predicted octanol–water partition coefficient (Wildman–Crippen LogP) is 4.51. The molecule has 2 N–H and O–H groups in total. The Labute approximate surface area is 187 Å². The minimum absolute atomic E-state index is 0.0712. The first kappa shape index (κ1) is 23.6. The fourth-order valence-corrected chi connectivity index (χ4v) is 3.03. The Morgan fingerprint density at radius 2 is 1.67 bits per heavy atom. The molecule has 0 unspecified atom stereocenters. The van der Waals surface area contributed by atoms with Gasteiger partial charge in [0, 0.05) is 27.8 Å². The molecule has 0 saturated heterocycles. The van der Waals surface area contributed by atoms with Gasteiger partial charge in [0.15, 0.2) is 12.4 Å². The fraction of sp³-hybridized carbons (Fsp3) is 0.238. The summed E-state index contributed by atoms with van der Waals surface area (Å²) in [5.41, 5.74) is 2.36. The summed E-state index contributed by atoms with van der Waals surface area (Å²) in [5.74, 6) is -1.64. The zero-order chi connectivity index (χ0) is 22.3. The summed E-state index contributed by atoms with van der Waals surface area (Å²) in [6, 6.07) is 9.77. The third-order valence-electron chi connectivity index (χ3n) is 4.04. The van der Waals surface area contributed by atoms with Gasteiger partial charge >= 0.3 is 5.97 Å². The predicted molar refractivity (Wildman–Crippen MR) is 118 cm³/mol. The average Bonchev–Trinajstić information content (AvgIpc) is 2.69. The van der Waals surface area contributed by atoms with Crippen LogP contribution in [0.1, 0.15) is 35.7 Å². The molecule has 2 aromatic rings. The van der Waals surface area contributed by atoms with E-state index in [2.05, 4.69) is 26.6 Å². The number of halogens is 2. The molecule has 0 aliphatic carbocycles. The maximum atomic E-state index is 12.0. The molecule has 0 fully saturated rings. The number of hydrogen-bond acceptors (Lipinski definition) is 5. The van der Waals surface area contributed by atoms with Crippen LogP contribution in [0.2, 0.25) is 5.02 Å². The topological polar surface area (TPSA) is 102 Å². The van der Waals surface area contributed by atoms with Gasteiger partial charge in [-0.1, -0.05) is 11.6 Å². The number of ketones is 1. The van der Waals surface area contributed by atoms with Crippen molar-refractivity contribution >= 4 is 62.5 Å². The first-order valence-corrected chi connectivity index (χ1v) is 10.1. The Balaban J connectivity index is 1.73. The molecule has 30 heavy (non-hydrogen) atoms. The van der Waals surface area contributed by atoms with Crippen LogP contribution in [0.3, 0.4) is 0 Å². The lowest BCUT2D eigenvalue weighted by Gasteiger charge is -2.10. The van der Waals surface area contributed by atoms with Crippen LogP contribution in [-0.2, 0) is 19.1 Å². The summed E-state index contributed by atoms with van der Waals surface area (Å²) >= 11 is 9.31. The molecule has 158 valence electrons. The number of anilines is 2. The first-order valence-electron chi connectivity index (χ1n) is 8.97. The van der Waals surface area contributed by atoms with E-state index in [1.165, 1.54) is 6.92 Å². The van der Waals surface area contributed by atoms with Gasteiger partial charge in [-0.25, -0.2) is 0 Å². The summed E-state index contributed by atoms with van der Waals surface area (Å²) in [6.45, 7) is 2.78. The number of Topliss-reactive ketones (excluding diaryl/α,β-unsaturated/α-hetero) is 1. The quantitative estimate of drug-likeness (QED) is 0.414. The summed E-state index contributed by atoms with van der Waals surface area (Å²) in [7, 11) is 0. The van der Waals surface area contributed by atoms with Crippen molar-refractivity contribution in [3.05, 3.63) is 57.0 Å². The molecule has 2 rings (SSSR count). The van der Waals surface area contributed by atoms with E-state index in [0.29, 0.717) is 26.4 Å². The van der Waals surface area contributed by atoms with Crippen LogP contribution in [0.4, 0.5) is 11.4 Å². The maximum absolute atomic E-state index is 12.0. The van der Waals surface area contributed by atoms with Crippen molar-refractivity contribution in [3.8, 4) is 0 Å². The number of esters is 1. The van der Waals surface area contributed by atoms with E-state index in [-0.39, 0.29) is 24.5 Å². The molecule has 0 aliphatic heterocycles. The van der Waals surface area contributed by atoms with E-state index in [0.717, 1.165) is 5.56 Å². The van der Waals surface area contributed by atoms with Gasteiger partial charge in [-0.2, -0.15) is 0 Å². The number of aryl methyl sites for hydroxylation is 1. The maximum Gasteiger partial charge on any atom is 0.306 e. The minimum atomic E-state index is -0.669. The Morgan fingerprint density at radius 1 is 1.00 bits per heavy atom. The van der Waals surface area contributed by atoms with Gasteiger partial charge in [0.1, 0.15) is 0 Å². The Hall–Kier alpha value is -2.71. The summed E-state index contributed by atoms with van der Waals surface area (Å²) in [6.07, 6.45) is -0.274. The van der Waals surface area contributed by atoms with Crippen LogP contribution >= 0.6 is 27.5 Å². The third kappa shape index (κ3) is 7.27. The molecule has 0 heterocycles. The van der Waals surface area contributed by atoms with Crippen molar-refractivity contribution in [2.45, 2.75) is 26.7 Å². The first-order chi connectivity index (χ1) is 14.2. The molecule has 0 atom stereocenters. The number of ether oxygens (including phenoxy) is 1. The normalized spacial score (nSPS) is 10.3. The van der Waals surface area contributed by atoms with Gasteiger partial charge in [-0.3, -0.25) is 19.2 Å². The summed E-state index contributed by atoms with van der Waals surface area (Å²) in [4.78, 5) is 46.9. The second kappa shape index (κ2) is 10.9. The van der Waals surface area contributed by atoms with Crippen molar-refractivity contribution in [2.24, 2.45) is 0 Å². The number of nitrogens with one attached hydrogen (secondary N) is 2. The smallest absolute Gasteiger partial charge is 0.306 e. The largest absolute Gasteiger partial charge is 0.456 e. The van der Waals surface area contributed by atoms with E-state index in [9.17, 15) is 19.2 Å². The molecule has 9 heteroatoms. The summed E-state index contributed by atoms with van der Waals surface area (Å²) < 4.78 is 5.61. The Bertz CT molecular complexity index is 976. The lowest BCUT2D eigenvalue weighted by molar-refractivity contribution is -0.147. The number of rotatable bonds is 8. The number of carbonyl (C=O) groups excluding carboxylic acids is 4. The summed E-state index contributed by atoms with van der Waals surface area (Å²) in [5, 5.41) is 5.68. The van der Waals surface area contributed by atoms with Crippen molar-refractivity contribution < 1.29 is 23.9 Å². The second-order valence-corrected chi connectivity index (χ2v) is 7.73. The number of carbonyl (C=O) groups is 4. The Morgan fingerprint density at radius 3 is 2.30 bits per heavy atom. The van der Waals surface area contributed by atoms with Gasteiger partial charge in [0.25, 0.3) is 5.91 Å². The lowest BCUT2D eigenvalue weighted by atomic mass is 10.1. The molecule has 0 bridgehead atoms. The standard InChI is InChI=1S/C21H20BrClN2O5/c1-12-9-16(22)17(23)10-18(12)25-20(28)11-30-21(29)8-7-19(27)24-15-5-3-14(4-6-15)13(2)26/h3-6,9-10H,7-8,11H2,1-2H3,(H,24,27)(H,25,28). The molecule has 0 aliphatic rings. The van der Waals surface area contributed by atoms with E-state index < -0.39 is 18.5 Å². The van der Waals surface area contributed by atoms with Gasteiger partial charge in [-0.15, -0.1) is 0 Å². The minimum Gasteiger partial charge on any atom is -0.456 e. The highest BCUT2D eigenvalue weighted by atomic mass is 79.9. The highest BCUT2D eigenvalue weighted by molar-refractivity contribution is 9.10. The third-order valence-corrected chi connectivity index (χ3v) is 5.23. The highest BCUT2D eigenvalue weighted by Gasteiger charge is 2.13. The van der Waals surface area contributed by atoms with E-state index in [1.807, 2.05) is 0 Å². The number of amides is 2. The number of hydrogen-bond donors (Lipinski definition) is 2. The van der Waals surface area contributed by atoms with E-state index in [1.54, 1.807) is 43.3 Å². The molecule has 2 aromatic carbocycles. The molecule has 0 radical (unpaired) electrons. The van der Waals surface area contributed by atoms with Crippen LogP contribution in [0.25, 0.3) is 0 Å². The molecule has 0 spiro atoms. The zero-order valence-corrected chi connectivity index (χ0v) is 18.7. The average molecular weight is 496 g/mol. The van der Waals surface area contributed by atoms with E-state index in [4.69, 9.17) is 16.3 Å². The SMILES string of the molecule is CC(=O)c1ccc(NC(=O)CCC(=O)OCC(=O)Nc2cc(Cl)c(Br)cc2C)cc1. The molecular formula is C21H20BrClN2O5. The lowest BCUT2D eigenvalue weighted by Crippen LogP contribution is -2.22. The number of benzene rings is 2. The van der Waals surface area contributed by atoms with Crippen LogP contribution in [-0.4, -0.2) is 30.2 Å². The van der Waals surface area contributed by atoms with Gasteiger partial charge < -0.3 is 15.4 Å². The van der Waals surface area contributed by atoms with Crippen LogP contribution in [0.15, 0.2) is 40.9 Å². The molecular weight excluding hydrogens is 476 g/mol. The molecule has 0 aromatic heterocycles. The zero-order valence-electron chi connectivity index (χ0n) is 16.4. The fourth-order valence-electron chi connectivity index (χ4n) is 2.41. The van der Waals surface area contributed by atoms with Gasteiger partial charge in [-0.05, 0) is 71.7 Å².